The van der Waals surface area contributed by atoms with E-state index in [2.05, 4.69) is 6.58 Å². The first-order valence-corrected chi connectivity index (χ1v) is 2.03. The Hall–Kier alpha value is -0.123. The molecule has 0 aromatic rings. The van der Waals surface area contributed by atoms with Crippen LogP contribution in [0.1, 0.15) is 0 Å². The van der Waals surface area contributed by atoms with E-state index in [9.17, 15) is 0 Å². The van der Waals surface area contributed by atoms with Crippen LogP contribution in [0.3, 0.4) is 0 Å². The third-order valence-electron chi connectivity index (χ3n) is 0.657. The maximum absolute atomic E-state index is 4.71. The van der Waals surface area contributed by atoms with Gasteiger partial charge in [-0.05, 0) is 17.0 Å². The summed E-state index contributed by atoms with van der Waals surface area (Å²) in [6, 6.07) is 0. The highest BCUT2D eigenvalue weighted by Gasteiger charge is 1.92. The molecule has 0 unspecified atom stereocenters. The summed E-state index contributed by atoms with van der Waals surface area (Å²) in [6.45, 7) is 3.45. The molecule has 0 heterocycles. The van der Waals surface area contributed by atoms with E-state index in [0.717, 1.165) is 0 Å². The summed E-state index contributed by atoms with van der Waals surface area (Å²) in [6.07, 6.45) is 1.33. The Kier molecular flexibility index (Phi) is 9.27. The fraction of sp³-hybridized carbons (Fsp3) is 0.600. The quantitative estimate of drug-likeness (QED) is 0.290. The predicted molar refractivity (Wildman–Crippen MR) is 39.3 cm³/mol. The van der Waals surface area contributed by atoms with Crippen molar-refractivity contribution in [3.05, 3.63) is 12.7 Å². The number of hydrogen-bond acceptors (Lipinski definition) is 2. The van der Waals surface area contributed by atoms with E-state index in [-0.39, 0.29) is 17.3 Å². The van der Waals surface area contributed by atoms with Gasteiger partial charge < -0.3 is 9.47 Å². The van der Waals surface area contributed by atoms with Crippen molar-refractivity contribution in [3.63, 3.8) is 0 Å². The topological polar surface area (TPSA) is 18.5 Å². The molecular formula is C5H14O2Si. The first-order valence-electron chi connectivity index (χ1n) is 2.03. The molecule has 0 bridgehead atoms. The molecule has 0 aliphatic rings. The summed E-state index contributed by atoms with van der Waals surface area (Å²) >= 11 is 0. The lowest BCUT2D eigenvalue weighted by atomic mass is 10.6. The van der Waals surface area contributed by atoms with Crippen molar-refractivity contribution in [2.24, 2.45) is 0 Å². The van der Waals surface area contributed by atoms with Gasteiger partial charge in [0.15, 0.2) is 6.29 Å². The molecule has 0 aromatic heterocycles. The second-order valence-corrected chi connectivity index (χ2v) is 1.08. The molecule has 0 fully saturated rings. The number of ether oxygens (including phenoxy) is 2. The Morgan fingerprint density at radius 1 is 1.38 bits per heavy atom. The summed E-state index contributed by atoms with van der Waals surface area (Å²) in [7, 11) is 3.13. The molecule has 0 N–H and O–H groups in total. The molecule has 0 atom stereocenters. The van der Waals surface area contributed by atoms with Gasteiger partial charge in [-0.3, -0.25) is 0 Å². The van der Waals surface area contributed by atoms with Gasteiger partial charge in [-0.2, -0.15) is 0 Å². The van der Waals surface area contributed by atoms with Gasteiger partial charge in [0, 0.05) is 14.2 Å². The van der Waals surface area contributed by atoms with Gasteiger partial charge in [-0.25, -0.2) is 0 Å². The van der Waals surface area contributed by atoms with Crippen molar-refractivity contribution in [2.45, 2.75) is 6.29 Å². The molecule has 0 aliphatic heterocycles. The van der Waals surface area contributed by atoms with Crippen LogP contribution in [0.25, 0.3) is 0 Å². The maximum atomic E-state index is 4.71. The third kappa shape index (κ3) is 4.05. The Morgan fingerprint density at radius 3 is 1.75 bits per heavy atom. The average molecular weight is 134 g/mol. The van der Waals surface area contributed by atoms with Crippen LogP contribution < -0.4 is 0 Å². The fourth-order valence-corrected chi connectivity index (χ4v) is 0.289. The zero-order valence-corrected chi connectivity index (χ0v) is 4.68. The van der Waals surface area contributed by atoms with Gasteiger partial charge in [0.1, 0.15) is 0 Å². The molecule has 0 spiro atoms. The monoisotopic (exact) mass is 134 g/mol. The normalized spacial score (nSPS) is 8.38. The molecule has 0 saturated carbocycles. The van der Waals surface area contributed by atoms with Crippen molar-refractivity contribution in [2.75, 3.05) is 14.2 Å². The highest BCUT2D eigenvalue weighted by molar-refractivity contribution is 5.75. The summed E-state index contributed by atoms with van der Waals surface area (Å²) in [5.41, 5.74) is 0. The first kappa shape index (κ1) is 10.8. The van der Waals surface area contributed by atoms with Gasteiger partial charge in [0.2, 0.25) is 0 Å². The van der Waals surface area contributed by atoms with Crippen LogP contribution in [-0.4, -0.2) is 31.5 Å². The number of methoxy groups -OCH3 is 2. The van der Waals surface area contributed by atoms with Gasteiger partial charge in [0.25, 0.3) is 0 Å². The second kappa shape index (κ2) is 6.88. The van der Waals surface area contributed by atoms with E-state index in [4.69, 9.17) is 9.47 Å². The van der Waals surface area contributed by atoms with Crippen LogP contribution in [0.5, 0.6) is 0 Å². The van der Waals surface area contributed by atoms with Crippen LogP contribution in [0.15, 0.2) is 12.7 Å². The molecule has 0 aromatic carbocycles. The van der Waals surface area contributed by atoms with Crippen LogP contribution >= 0.6 is 0 Å². The van der Waals surface area contributed by atoms with Crippen LogP contribution in [-0.2, 0) is 9.47 Å². The van der Waals surface area contributed by atoms with Crippen molar-refractivity contribution in [3.8, 4) is 0 Å². The van der Waals surface area contributed by atoms with E-state index >= 15 is 0 Å². The van der Waals surface area contributed by atoms with E-state index in [1.165, 1.54) is 0 Å². The van der Waals surface area contributed by atoms with E-state index in [1.54, 1.807) is 20.3 Å². The highest BCUT2D eigenvalue weighted by Crippen LogP contribution is 1.87. The van der Waals surface area contributed by atoms with Crippen molar-refractivity contribution in [1.29, 1.82) is 0 Å². The van der Waals surface area contributed by atoms with Gasteiger partial charge >= 0.3 is 0 Å². The Bertz CT molecular complexity index is 52.4. The Balaban J connectivity index is 0. The highest BCUT2D eigenvalue weighted by atomic mass is 28.1. The molecule has 8 heavy (non-hydrogen) atoms. The first-order chi connectivity index (χ1) is 3.35. The van der Waals surface area contributed by atoms with Crippen molar-refractivity contribution >= 4 is 11.0 Å². The van der Waals surface area contributed by atoms with E-state index in [1.807, 2.05) is 0 Å². The standard InChI is InChI=1S/C5H10O2.H4Si/c1-4-5(6-2)7-3;/h4-5H,1H2,2-3H3;1H4. The fourth-order valence-electron chi connectivity index (χ4n) is 0.289. The zero-order valence-electron chi connectivity index (χ0n) is 4.68. The lowest BCUT2D eigenvalue weighted by Crippen LogP contribution is -2.07. The van der Waals surface area contributed by atoms with Gasteiger partial charge in [-0.1, -0.05) is 6.58 Å². The summed E-state index contributed by atoms with van der Waals surface area (Å²) in [5.74, 6) is 0. The zero-order chi connectivity index (χ0) is 5.70. The molecule has 0 aliphatic carbocycles. The molecule has 2 nitrogen and oxygen atoms in total. The lowest BCUT2D eigenvalue weighted by Gasteiger charge is -2.04. The molecule has 0 amide bonds. The Labute approximate surface area is 54.5 Å². The van der Waals surface area contributed by atoms with E-state index in [0.29, 0.717) is 0 Å². The maximum Gasteiger partial charge on any atom is 0.175 e. The summed E-state index contributed by atoms with van der Waals surface area (Å²) in [5, 5.41) is 0. The van der Waals surface area contributed by atoms with Crippen molar-refractivity contribution in [1.82, 2.24) is 0 Å². The smallest absolute Gasteiger partial charge is 0.175 e. The summed E-state index contributed by atoms with van der Waals surface area (Å²) in [4.78, 5) is 0. The van der Waals surface area contributed by atoms with Gasteiger partial charge in [0.05, 0.1) is 0 Å². The average Bonchev–Trinajstić information content (AvgIpc) is 1.72. The molecule has 3 heteroatoms. The molecule has 0 rings (SSSR count). The number of hydrogen-bond donors (Lipinski definition) is 0. The largest absolute Gasteiger partial charge is 0.352 e. The van der Waals surface area contributed by atoms with Crippen molar-refractivity contribution < 1.29 is 9.47 Å². The molecule has 50 valence electrons. The third-order valence-corrected chi connectivity index (χ3v) is 0.657. The minimum Gasteiger partial charge on any atom is -0.352 e. The van der Waals surface area contributed by atoms with Crippen LogP contribution in [0, 0.1) is 0 Å². The Morgan fingerprint density at radius 2 is 1.75 bits per heavy atom. The SMILES string of the molecule is C=CC(OC)OC.[SiH4]. The van der Waals surface area contributed by atoms with Gasteiger partial charge in [-0.15, -0.1) is 0 Å². The molecular weight excluding hydrogens is 120 g/mol. The lowest BCUT2D eigenvalue weighted by molar-refractivity contribution is -0.0663. The summed E-state index contributed by atoms with van der Waals surface area (Å²) < 4.78 is 9.42. The predicted octanol–water partition coefficient (Wildman–Crippen LogP) is -0.660. The molecule has 0 saturated heterocycles. The van der Waals surface area contributed by atoms with E-state index < -0.39 is 0 Å². The number of rotatable bonds is 3. The second-order valence-electron chi connectivity index (χ2n) is 1.08. The minimum absolute atomic E-state index is 0. The van der Waals surface area contributed by atoms with Crippen LogP contribution in [0.2, 0.25) is 0 Å². The molecule has 0 radical (unpaired) electrons. The van der Waals surface area contributed by atoms with Crippen LogP contribution in [0.4, 0.5) is 0 Å². The minimum atomic E-state index is -0.250.